The Labute approximate surface area is 181 Å². The number of benzene rings is 3. The van der Waals surface area contributed by atoms with Gasteiger partial charge in [0.15, 0.2) is 0 Å². The molecule has 1 aromatic heterocycles. The minimum atomic E-state index is -0.236. The van der Waals surface area contributed by atoms with Crippen molar-refractivity contribution in [2.75, 3.05) is 19.0 Å². The van der Waals surface area contributed by atoms with E-state index in [0.717, 1.165) is 41.1 Å². The van der Waals surface area contributed by atoms with Gasteiger partial charge >= 0.3 is 6.03 Å². The quantitative estimate of drug-likeness (QED) is 0.441. The molecule has 0 saturated carbocycles. The van der Waals surface area contributed by atoms with E-state index in [1.165, 1.54) is 5.56 Å². The van der Waals surface area contributed by atoms with Gasteiger partial charge in [0.2, 0.25) is 0 Å². The van der Waals surface area contributed by atoms with Gasteiger partial charge < -0.3 is 19.9 Å². The second kappa shape index (κ2) is 9.80. The lowest BCUT2D eigenvalue weighted by Crippen LogP contribution is -2.31. The normalized spacial score (nSPS) is 10.7. The molecule has 0 atom stereocenters. The Balaban J connectivity index is 1.39. The van der Waals surface area contributed by atoms with Crippen molar-refractivity contribution >= 4 is 22.8 Å². The minimum Gasteiger partial charge on any atom is -0.497 e. The van der Waals surface area contributed by atoms with Crippen LogP contribution in [0.5, 0.6) is 5.75 Å². The highest BCUT2D eigenvalue weighted by molar-refractivity contribution is 5.89. The molecular weight excluding hydrogens is 388 g/mol. The second-order valence-corrected chi connectivity index (χ2v) is 7.26. The van der Waals surface area contributed by atoms with Crippen LogP contribution in [-0.2, 0) is 19.4 Å². The summed E-state index contributed by atoms with van der Waals surface area (Å²) < 4.78 is 7.34. The summed E-state index contributed by atoms with van der Waals surface area (Å²) >= 11 is 0. The summed E-state index contributed by atoms with van der Waals surface area (Å²) in [5, 5.41) is 5.78. The first kappa shape index (κ1) is 20.5. The monoisotopic (exact) mass is 414 g/mol. The summed E-state index contributed by atoms with van der Waals surface area (Å²) in [5.74, 6) is 1.78. The number of methoxy groups -OCH3 is 1. The molecule has 0 aliphatic heterocycles. The van der Waals surface area contributed by atoms with Crippen LogP contribution in [0, 0.1) is 0 Å². The fraction of sp³-hybridized carbons (Fsp3) is 0.200. The Morgan fingerprint density at radius 2 is 1.68 bits per heavy atom. The van der Waals surface area contributed by atoms with E-state index < -0.39 is 0 Å². The third-order valence-corrected chi connectivity index (χ3v) is 5.18. The van der Waals surface area contributed by atoms with Gasteiger partial charge in [0.25, 0.3) is 0 Å². The van der Waals surface area contributed by atoms with E-state index in [4.69, 9.17) is 9.72 Å². The van der Waals surface area contributed by atoms with Crippen LogP contribution in [0.4, 0.5) is 10.5 Å². The van der Waals surface area contributed by atoms with Crippen molar-refractivity contribution in [3.63, 3.8) is 0 Å². The summed E-state index contributed by atoms with van der Waals surface area (Å²) in [4.78, 5) is 17.1. The first-order valence-electron chi connectivity index (χ1n) is 10.4. The number of ether oxygens (including phenoxy) is 1. The van der Waals surface area contributed by atoms with Gasteiger partial charge in [0, 0.05) is 25.2 Å². The van der Waals surface area contributed by atoms with Crippen LogP contribution in [0.3, 0.4) is 0 Å². The molecule has 0 spiro atoms. The number of aromatic nitrogens is 2. The smallest absolute Gasteiger partial charge is 0.319 e. The molecule has 4 aromatic rings. The van der Waals surface area contributed by atoms with E-state index in [1.54, 1.807) is 7.11 Å². The molecule has 3 aromatic carbocycles. The lowest BCUT2D eigenvalue weighted by atomic mass is 10.1. The number of nitrogens with one attached hydrogen (secondary N) is 2. The number of urea groups is 1. The van der Waals surface area contributed by atoms with Gasteiger partial charge in [-0.25, -0.2) is 9.78 Å². The Hall–Kier alpha value is -3.80. The fourth-order valence-corrected chi connectivity index (χ4v) is 3.60. The van der Waals surface area contributed by atoms with Crippen molar-refractivity contribution in [3.05, 3.63) is 90.3 Å². The number of fused-ring (bicyclic) bond motifs is 1. The zero-order valence-electron chi connectivity index (χ0n) is 17.5. The van der Waals surface area contributed by atoms with Crippen LogP contribution < -0.4 is 15.4 Å². The maximum atomic E-state index is 12.3. The van der Waals surface area contributed by atoms with E-state index in [0.29, 0.717) is 13.1 Å². The molecule has 0 fully saturated rings. The van der Waals surface area contributed by atoms with Crippen molar-refractivity contribution in [2.24, 2.45) is 0 Å². The second-order valence-electron chi connectivity index (χ2n) is 7.26. The third-order valence-electron chi connectivity index (χ3n) is 5.18. The lowest BCUT2D eigenvalue weighted by molar-refractivity contribution is 0.251. The average Bonchev–Trinajstić information content (AvgIpc) is 3.16. The van der Waals surface area contributed by atoms with E-state index >= 15 is 0 Å². The molecule has 0 bridgehead atoms. The molecule has 158 valence electrons. The molecule has 4 rings (SSSR count). The zero-order valence-corrected chi connectivity index (χ0v) is 17.5. The summed E-state index contributed by atoms with van der Waals surface area (Å²) in [6.07, 6.45) is 1.77. The molecule has 6 heteroatoms. The van der Waals surface area contributed by atoms with Crippen molar-refractivity contribution in [1.82, 2.24) is 14.9 Å². The van der Waals surface area contributed by atoms with Gasteiger partial charge in [-0.3, -0.25) is 0 Å². The van der Waals surface area contributed by atoms with Crippen molar-refractivity contribution in [2.45, 2.75) is 19.4 Å². The standard InChI is InChI=1S/C25H26N4O2/c1-31-21-14-12-20(13-15-21)27-25(30)26-17-18-29-23-10-6-5-9-22(23)28-24(29)16-11-19-7-3-2-4-8-19/h2-10,12-15H,11,16-18H2,1H3,(H2,26,27,30). The molecule has 1 heterocycles. The highest BCUT2D eigenvalue weighted by Crippen LogP contribution is 2.18. The summed E-state index contributed by atoms with van der Waals surface area (Å²) in [7, 11) is 1.61. The van der Waals surface area contributed by atoms with Crippen LogP contribution in [0.25, 0.3) is 11.0 Å². The number of carbonyl (C=O) groups excluding carboxylic acids is 1. The van der Waals surface area contributed by atoms with Crippen LogP contribution in [0.2, 0.25) is 0 Å². The minimum absolute atomic E-state index is 0.236. The zero-order chi connectivity index (χ0) is 21.5. The number of nitrogens with zero attached hydrogens (tertiary/aromatic N) is 2. The predicted octanol–water partition coefficient (Wildman–Crippen LogP) is 4.65. The van der Waals surface area contributed by atoms with E-state index in [9.17, 15) is 4.79 Å². The topological polar surface area (TPSA) is 68.2 Å². The summed E-state index contributed by atoms with van der Waals surface area (Å²) in [5.41, 5.74) is 4.07. The molecule has 6 nitrogen and oxygen atoms in total. The highest BCUT2D eigenvalue weighted by atomic mass is 16.5. The van der Waals surface area contributed by atoms with Gasteiger partial charge in [-0.1, -0.05) is 42.5 Å². The molecule has 2 N–H and O–H groups in total. The number of anilines is 1. The predicted molar refractivity (Wildman–Crippen MR) is 124 cm³/mol. The van der Waals surface area contributed by atoms with Gasteiger partial charge in [-0.15, -0.1) is 0 Å². The number of imidazole rings is 1. The molecule has 0 aliphatic rings. The van der Waals surface area contributed by atoms with E-state index in [1.807, 2.05) is 48.5 Å². The lowest BCUT2D eigenvalue weighted by Gasteiger charge is -2.12. The van der Waals surface area contributed by atoms with Crippen LogP contribution in [-0.4, -0.2) is 29.2 Å². The SMILES string of the molecule is COc1ccc(NC(=O)NCCn2c(CCc3ccccc3)nc3ccccc32)cc1. The summed E-state index contributed by atoms with van der Waals surface area (Å²) in [6.45, 7) is 1.15. The molecule has 0 saturated heterocycles. The third kappa shape index (κ3) is 5.22. The summed E-state index contributed by atoms with van der Waals surface area (Å²) in [6, 6.07) is 25.6. The Morgan fingerprint density at radius 3 is 2.45 bits per heavy atom. The number of amides is 2. The van der Waals surface area contributed by atoms with Crippen molar-refractivity contribution in [3.8, 4) is 5.75 Å². The first-order valence-corrected chi connectivity index (χ1v) is 10.4. The molecule has 0 radical (unpaired) electrons. The fourth-order valence-electron chi connectivity index (χ4n) is 3.60. The van der Waals surface area contributed by atoms with Crippen LogP contribution in [0.15, 0.2) is 78.9 Å². The number of aryl methyl sites for hydroxylation is 2. The van der Waals surface area contributed by atoms with Gasteiger partial charge in [0.1, 0.15) is 11.6 Å². The maximum Gasteiger partial charge on any atom is 0.319 e. The molecule has 0 unspecified atom stereocenters. The van der Waals surface area contributed by atoms with Gasteiger partial charge in [0.05, 0.1) is 18.1 Å². The average molecular weight is 415 g/mol. The maximum absolute atomic E-state index is 12.3. The molecule has 31 heavy (non-hydrogen) atoms. The number of hydrogen-bond acceptors (Lipinski definition) is 3. The number of hydrogen-bond donors (Lipinski definition) is 2. The van der Waals surface area contributed by atoms with E-state index in [2.05, 4.69) is 45.5 Å². The molecular formula is C25H26N4O2. The Bertz CT molecular complexity index is 1140. The number of carbonyl (C=O) groups is 1. The van der Waals surface area contributed by atoms with Gasteiger partial charge in [-0.05, 0) is 48.4 Å². The largest absolute Gasteiger partial charge is 0.497 e. The Morgan fingerprint density at radius 1 is 0.935 bits per heavy atom. The first-order chi connectivity index (χ1) is 15.2. The van der Waals surface area contributed by atoms with Crippen LogP contribution in [0.1, 0.15) is 11.4 Å². The molecule has 0 aliphatic carbocycles. The highest BCUT2D eigenvalue weighted by Gasteiger charge is 2.11. The molecule has 2 amide bonds. The van der Waals surface area contributed by atoms with Crippen molar-refractivity contribution < 1.29 is 9.53 Å². The van der Waals surface area contributed by atoms with E-state index in [-0.39, 0.29) is 6.03 Å². The van der Waals surface area contributed by atoms with Crippen molar-refractivity contribution in [1.29, 1.82) is 0 Å². The number of rotatable bonds is 8. The van der Waals surface area contributed by atoms with Crippen LogP contribution >= 0.6 is 0 Å². The Kier molecular flexibility index (Phi) is 6.47. The van der Waals surface area contributed by atoms with Gasteiger partial charge in [-0.2, -0.15) is 0 Å². The number of para-hydroxylation sites is 2.